The van der Waals surface area contributed by atoms with Gasteiger partial charge in [0.15, 0.2) is 0 Å². The van der Waals surface area contributed by atoms with Gasteiger partial charge in [0.25, 0.3) is 0 Å². The third-order valence-electron chi connectivity index (χ3n) is 4.41. The molecule has 0 saturated carbocycles. The second-order valence-electron chi connectivity index (χ2n) is 6.43. The van der Waals surface area contributed by atoms with E-state index in [4.69, 9.17) is 0 Å². The van der Waals surface area contributed by atoms with Crippen LogP contribution >= 0.6 is 0 Å². The van der Waals surface area contributed by atoms with Crippen molar-refractivity contribution >= 4 is 5.91 Å². The van der Waals surface area contributed by atoms with Crippen LogP contribution in [0.3, 0.4) is 0 Å². The molecular weight excluding hydrogens is 258 g/mol. The average molecular weight is 293 g/mol. The van der Waals surface area contributed by atoms with E-state index < -0.39 is 0 Å². The molecule has 0 unspecified atom stereocenters. The van der Waals surface area contributed by atoms with E-state index in [1.54, 1.807) is 5.57 Å². The highest BCUT2D eigenvalue weighted by Crippen LogP contribution is 2.19. The lowest BCUT2D eigenvalue weighted by molar-refractivity contribution is -0.121. The topological polar surface area (TPSA) is 29.1 Å². The molecule has 0 aromatic carbocycles. The lowest BCUT2D eigenvalue weighted by Gasteiger charge is -2.12. The SMILES string of the molecule is CCCCCCCCCCC(=O)NCCC1=CCCCC1. The standard InChI is InChI=1S/C19H35NO/c1-2-3-4-5-6-7-8-12-15-19(21)20-17-16-18-13-10-9-11-14-18/h13H,2-12,14-17H2,1H3,(H,20,21). The predicted octanol–water partition coefficient (Wildman–Crippen LogP) is 5.52. The van der Waals surface area contributed by atoms with E-state index in [9.17, 15) is 4.79 Å². The van der Waals surface area contributed by atoms with Gasteiger partial charge < -0.3 is 5.32 Å². The minimum absolute atomic E-state index is 0.248. The van der Waals surface area contributed by atoms with E-state index in [1.807, 2.05) is 0 Å². The summed E-state index contributed by atoms with van der Waals surface area (Å²) >= 11 is 0. The van der Waals surface area contributed by atoms with Gasteiger partial charge in [-0.25, -0.2) is 0 Å². The first-order valence-corrected chi connectivity index (χ1v) is 9.27. The molecule has 0 saturated heterocycles. The molecule has 1 aliphatic carbocycles. The maximum atomic E-state index is 11.7. The summed E-state index contributed by atoms with van der Waals surface area (Å²) in [7, 11) is 0. The highest BCUT2D eigenvalue weighted by atomic mass is 16.1. The minimum atomic E-state index is 0.248. The van der Waals surface area contributed by atoms with Crippen LogP contribution in [-0.2, 0) is 4.79 Å². The number of amides is 1. The molecule has 0 spiro atoms. The number of unbranched alkanes of at least 4 members (excludes halogenated alkanes) is 7. The Hall–Kier alpha value is -0.790. The number of carbonyl (C=O) groups excluding carboxylic acids is 1. The molecule has 0 heterocycles. The van der Waals surface area contributed by atoms with Gasteiger partial charge in [-0.2, -0.15) is 0 Å². The monoisotopic (exact) mass is 293 g/mol. The average Bonchev–Trinajstić information content (AvgIpc) is 2.51. The Balaban J connectivity index is 1.86. The zero-order valence-corrected chi connectivity index (χ0v) is 14.1. The summed E-state index contributed by atoms with van der Waals surface area (Å²) in [6.45, 7) is 3.09. The summed E-state index contributed by atoms with van der Waals surface area (Å²) in [5.74, 6) is 0.248. The molecule has 21 heavy (non-hydrogen) atoms. The van der Waals surface area contributed by atoms with E-state index in [-0.39, 0.29) is 5.91 Å². The summed E-state index contributed by atoms with van der Waals surface area (Å²) in [6.07, 6.45) is 19.7. The fraction of sp³-hybridized carbons (Fsp3) is 0.842. The molecule has 0 bridgehead atoms. The Morgan fingerprint density at radius 3 is 2.43 bits per heavy atom. The highest BCUT2D eigenvalue weighted by molar-refractivity contribution is 5.75. The Morgan fingerprint density at radius 2 is 1.76 bits per heavy atom. The van der Waals surface area contributed by atoms with Gasteiger partial charge in [0, 0.05) is 13.0 Å². The molecule has 0 radical (unpaired) electrons. The molecule has 0 aromatic rings. The van der Waals surface area contributed by atoms with Crippen molar-refractivity contribution in [2.75, 3.05) is 6.54 Å². The van der Waals surface area contributed by atoms with Gasteiger partial charge in [-0.15, -0.1) is 0 Å². The summed E-state index contributed by atoms with van der Waals surface area (Å²) in [5, 5.41) is 3.07. The van der Waals surface area contributed by atoms with Crippen molar-refractivity contribution in [3.05, 3.63) is 11.6 Å². The maximum absolute atomic E-state index is 11.7. The molecule has 0 aliphatic heterocycles. The molecule has 1 N–H and O–H groups in total. The zero-order chi connectivity index (χ0) is 15.2. The molecule has 1 rings (SSSR count). The molecular formula is C19H35NO. The van der Waals surface area contributed by atoms with Crippen LogP contribution in [0.25, 0.3) is 0 Å². The molecule has 122 valence electrons. The second-order valence-corrected chi connectivity index (χ2v) is 6.43. The van der Waals surface area contributed by atoms with E-state index in [2.05, 4.69) is 18.3 Å². The summed E-state index contributed by atoms with van der Waals surface area (Å²) < 4.78 is 0. The number of rotatable bonds is 12. The predicted molar refractivity (Wildman–Crippen MR) is 91.4 cm³/mol. The molecule has 0 aromatic heterocycles. The zero-order valence-electron chi connectivity index (χ0n) is 14.1. The molecule has 0 fully saturated rings. The first-order valence-electron chi connectivity index (χ1n) is 9.27. The molecule has 0 atom stereocenters. The smallest absolute Gasteiger partial charge is 0.220 e. The Morgan fingerprint density at radius 1 is 1.05 bits per heavy atom. The quantitative estimate of drug-likeness (QED) is 0.372. The first-order chi connectivity index (χ1) is 10.3. The van der Waals surface area contributed by atoms with Gasteiger partial charge >= 0.3 is 0 Å². The van der Waals surface area contributed by atoms with Gasteiger partial charge in [0.2, 0.25) is 5.91 Å². The highest BCUT2D eigenvalue weighted by Gasteiger charge is 2.05. The van der Waals surface area contributed by atoms with Crippen molar-refractivity contribution < 1.29 is 4.79 Å². The normalized spacial score (nSPS) is 14.8. The van der Waals surface area contributed by atoms with Crippen LogP contribution in [0.1, 0.15) is 96.8 Å². The van der Waals surface area contributed by atoms with Crippen LogP contribution in [0.4, 0.5) is 0 Å². The van der Waals surface area contributed by atoms with Crippen LogP contribution in [0.2, 0.25) is 0 Å². The fourth-order valence-corrected chi connectivity index (χ4v) is 3.00. The number of carbonyl (C=O) groups is 1. The summed E-state index contributed by atoms with van der Waals surface area (Å²) in [5.41, 5.74) is 1.55. The number of hydrogen-bond donors (Lipinski definition) is 1. The van der Waals surface area contributed by atoms with Gasteiger partial charge in [-0.05, 0) is 38.5 Å². The molecule has 1 aliphatic rings. The van der Waals surface area contributed by atoms with Crippen LogP contribution < -0.4 is 5.32 Å². The van der Waals surface area contributed by atoms with Crippen molar-refractivity contribution in [3.8, 4) is 0 Å². The number of nitrogens with one attached hydrogen (secondary N) is 1. The lowest BCUT2D eigenvalue weighted by atomic mass is 9.97. The Labute approximate surface area is 131 Å². The molecule has 2 heteroatoms. The first kappa shape index (κ1) is 18.3. The summed E-state index contributed by atoms with van der Waals surface area (Å²) in [4.78, 5) is 11.7. The third-order valence-corrected chi connectivity index (χ3v) is 4.41. The van der Waals surface area contributed by atoms with Crippen LogP contribution in [0.5, 0.6) is 0 Å². The Bertz CT molecular complexity index is 296. The van der Waals surface area contributed by atoms with Crippen LogP contribution in [0, 0.1) is 0 Å². The van der Waals surface area contributed by atoms with Gasteiger partial charge in [-0.1, -0.05) is 63.5 Å². The third kappa shape index (κ3) is 10.6. The maximum Gasteiger partial charge on any atom is 0.220 e. The van der Waals surface area contributed by atoms with E-state index in [0.29, 0.717) is 6.42 Å². The van der Waals surface area contributed by atoms with Crippen molar-refractivity contribution in [1.82, 2.24) is 5.32 Å². The number of allylic oxidation sites excluding steroid dienone is 1. The van der Waals surface area contributed by atoms with Crippen LogP contribution in [0.15, 0.2) is 11.6 Å². The number of hydrogen-bond acceptors (Lipinski definition) is 1. The van der Waals surface area contributed by atoms with Gasteiger partial charge in [0.1, 0.15) is 0 Å². The van der Waals surface area contributed by atoms with Crippen LogP contribution in [-0.4, -0.2) is 12.5 Å². The van der Waals surface area contributed by atoms with Gasteiger partial charge in [-0.3, -0.25) is 4.79 Å². The van der Waals surface area contributed by atoms with Crippen molar-refractivity contribution in [2.24, 2.45) is 0 Å². The van der Waals surface area contributed by atoms with E-state index in [0.717, 1.165) is 19.4 Å². The Kier molecular flexibility index (Phi) is 11.2. The van der Waals surface area contributed by atoms with E-state index in [1.165, 1.54) is 70.6 Å². The lowest BCUT2D eigenvalue weighted by Crippen LogP contribution is -2.24. The minimum Gasteiger partial charge on any atom is -0.356 e. The van der Waals surface area contributed by atoms with Crippen molar-refractivity contribution in [2.45, 2.75) is 96.8 Å². The fourth-order valence-electron chi connectivity index (χ4n) is 3.00. The summed E-state index contributed by atoms with van der Waals surface area (Å²) in [6, 6.07) is 0. The second kappa shape index (κ2) is 12.9. The van der Waals surface area contributed by atoms with Crippen molar-refractivity contribution in [1.29, 1.82) is 0 Å². The molecule has 2 nitrogen and oxygen atoms in total. The molecule has 1 amide bonds. The van der Waals surface area contributed by atoms with E-state index >= 15 is 0 Å². The largest absolute Gasteiger partial charge is 0.356 e. The van der Waals surface area contributed by atoms with Gasteiger partial charge in [0.05, 0.1) is 0 Å². The van der Waals surface area contributed by atoms with Crippen molar-refractivity contribution in [3.63, 3.8) is 0 Å².